The van der Waals surface area contributed by atoms with Crippen LogP contribution in [0.5, 0.6) is 0 Å². The quantitative estimate of drug-likeness (QED) is 0.0287. The number of carboxylic acids is 2. The third kappa shape index (κ3) is 15.8. The number of guanidine groups is 2. The molecule has 0 spiro atoms. The molecule has 5 amide bonds. The van der Waals surface area contributed by atoms with Crippen molar-refractivity contribution in [3.63, 3.8) is 0 Å². The van der Waals surface area contributed by atoms with Crippen molar-refractivity contribution in [2.24, 2.45) is 44.6 Å². The van der Waals surface area contributed by atoms with Crippen LogP contribution in [0, 0.1) is 5.92 Å². The first kappa shape index (κ1) is 42.8. The maximum Gasteiger partial charge on any atom is 0.326 e. The van der Waals surface area contributed by atoms with E-state index < -0.39 is 84.6 Å². The van der Waals surface area contributed by atoms with Crippen LogP contribution in [0.25, 0.3) is 0 Å². The Morgan fingerprint density at radius 2 is 1.42 bits per heavy atom. The Hall–Kier alpha value is -5.21. The molecule has 0 aliphatic carbocycles. The van der Waals surface area contributed by atoms with Crippen molar-refractivity contribution >= 4 is 53.4 Å². The number of aliphatic imine (C=N–C) groups is 2. The maximum absolute atomic E-state index is 13.7. The third-order valence-corrected chi connectivity index (χ3v) is 7.65. The van der Waals surface area contributed by atoms with E-state index >= 15 is 0 Å². The number of carboxylic acid groups (broad SMARTS) is 2. The highest BCUT2D eigenvalue weighted by Crippen LogP contribution is 2.20. The maximum atomic E-state index is 13.7. The van der Waals surface area contributed by atoms with E-state index in [1.807, 2.05) is 0 Å². The normalized spacial score (nSPS) is 16.2. The van der Waals surface area contributed by atoms with Crippen LogP contribution >= 0.6 is 0 Å². The average Bonchev–Trinajstić information content (AvgIpc) is 3.53. The van der Waals surface area contributed by atoms with Crippen LogP contribution in [-0.4, -0.2) is 125 Å². The van der Waals surface area contributed by atoms with Crippen LogP contribution in [0.1, 0.15) is 65.2 Å². The number of carbonyl (C=O) groups is 7. The van der Waals surface area contributed by atoms with Gasteiger partial charge >= 0.3 is 11.9 Å². The minimum atomic E-state index is -1.49. The first-order valence-electron chi connectivity index (χ1n) is 16.2. The Morgan fingerprint density at radius 3 is 1.96 bits per heavy atom. The van der Waals surface area contributed by atoms with Gasteiger partial charge < -0.3 is 65.0 Å². The Kier molecular flexibility index (Phi) is 18.6. The van der Waals surface area contributed by atoms with Gasteiger partial charge in [0, 0.05) is 26.1 Å². The van der Waals surface area contributed by atoms with E-state index in [9.17, 15) is 38.7 Å². The summed E-state index contributed by atoms with van der Waals surface area (Å²) in [6.07, 6.45) is 0.721. The molecular formula is C29H52N12O9. The first-order valence-corrected chi connectivity index (χ1v) is 16.2. The lowest BCUT2D eigenvalue weighted by Gasteiger charge is -2.29. The third-order valence-electron chi connectivity index (χ3n) is 7.65. The van der Waals surface area contributed by atoms with Crippen molar-refractivity contribution in [3.05, 3.63) is 0 Å². The van der Waals surface area contributed by atoms with E-state index in [1.54, 1.807) is 13.8 Å². The molecule has 1 aliphatic rings. The van der Waals surface area contributed by atoms with Gasteiger partial charge in [0.25, 0.3) is 0 Å². The summed E-state index contributed by atoms with van der Waals surface area (Å²) in [6.45, 7) is 3.34. The molecule has 0 aromatic carbocycles. The molecule has 1 heterocycles. The number of hydrogen-bond acceptors (Lipinski definition) is 10. The summed E-state index contributed by atoms with van der Waals surface area (Å²) < 4.78 is 0. The predicted octanol–water partition coefficient (Wildman–Crippen LogP) is -4.41. The topological polar surface area (TPSA) is 366 Å². The zero-order chi connectivity index (χ0) is 38.0. The fourth-order valence-electron chi connectivity index (χ4n) is 5.03. The lowest BCUT2D eigenvalue weighted by Crippen LogP contribution is -2.57. The monoisotopic (exact) mass is 712 g/mol. The molecule has 1 saturated heterocycles. The second kappa shape index (κ2) is 21.7. The number of nitrogens with two attached hydrogens (primary N) is 5. The smallest absolute Gasteiger partial charge is 0.326 e. The number of nitrogens with zero attached hydrogens (tertiary/aromatic N) is 3. The molecule has 282 valence electrons. The Balaban J connectivity index is 2.95. The second-order valence-electron chi connectivity index (χ2n) is 12.1. The van der Waals surface area contributed by atoms with Crippen molar-refractivity contribution in [1.82, 2.24) is 26.2 Å². The van der Waals surface area contributed by atoms with E-state index in [-0.39, 0.29) is 69.6 Å². The number of likely N-dealkylation sites (tertiary alicyclic amines) is 1. The van der Waals surface area contributed by atoms with Crippen LogP contribution in [-0.2, 0) is 33.6 Å². The van der Waals surface area contributed by atoms with Gasteiger partial charge in [0.1, 0.15) is 24.2 Å². The van der Waals surface area contributed by atoms with Gasteiger partial charge in [0.15, 0.2) is 11.9 Å². The van der Waals surface area contributed by atoms with Gasteiger partial charge in [-0.3, -0.25) is 38.8 Å². The van der Waals surface area contributed by atoms with Crippen molar-refractivity contribution in [2.75, 3.05) is 26.2 Å². The predicted molar refractivity (Wildman–Crippen MR) is 181 cm³/mol. The molecule has 0 aromatic heterocycles. The molecular weight excluding hydrogens is 660 g/mol. The molecule has 5 atom stereocenters. The number of rotatable bonds is 22. The fourth-order valence-corrected chi connectivity index (χ4v) is 5.03. The molecule has 1 fully saturated rings. The summed E-state index contributed by atoms with van der Waals surface area (Å²) in [5, 5.41) is 28.3. The highest BCUT2D eigenvalue weighted by Gasteiger charge is 2.39. The highest BCUT2D eigenvalue weighted by molar-refractivity contribution is 5.95. The van der Waals surface area contributed by atoms with Gasteiger partial charge in [-0.05, 0) is 50.9 Å². The Labute approximate surface area is 289 Å². The standard InChI is InChI=1S/C29H52N12O9/c1-15(2)22(40-23(45)16(30)6-3-11-35-28(31)32)25(47)37-14-20(42)38-17(7-4-12-36-29(33)34)26(48)41-13-5-8-19(41)24(46)39-18(27(49)50)9-10-21(43)44/h15-19,22H,3-14,30H2,1-2H3,(H,37,47)(H,38,42)(H,39,46)(H,40,45)(H,43,44)(H,49,50)(H4,31,32,35)(H4,33,34,36)/t16-,17-,18-,19-,22-/m0/s1. The van der Waals surface area contributed by atoms with Crippen LogP contribution in [0.4, 0.5) is 0 Å². The largest absolute Gasteiger partial charge is 0.481 e. The average molecular weight is 713 g/mol. The fraction of sp³-hybridized carbons (Fsp3) is 0.690. The Morgan fingerprint density at radius 1 is 0.820 bits per heavy atom. The molecule has 1 aliphatic heterocycles. The molecule has 21 nitrogen and oxygen atoms in total. The summed E-state index contributed by atoms with van der Waals surface area (Å²) in [5.41, 5.74) is 27.3. The lowest BCUT2D eigenvalue weighted by molar-refractivity contribution is -0.145. The van der Waals surface area contributed by atoms with E-state index in [1.165, 1.54) is 4.90 Å². The van der Waals surface area contributed by atoms with Gasteiger partial charge in [-0.25, -0.2) is 4.79 Å². The first-order chi connectivity index (χ1) is 23.4. The molecule has 0 aromatic rings. The van der Waals surface area contributed by atoms with Crippen LogP contribution in [0.3, 0.4) is 0 Å². The Bertz CT molecular complexity index is 1270. The van der Waals surface area contributed by atoms with Crippen molar-refractivity contribution in [1.29, 1.82) is 0 Å². The molecule has 50 heavy (non-hydrogen) atoms. The number of aliphatic carboxylic acids is 2. The van der Waals surface area contributed by atoms with E-state index in [4.69, 9.17) is 33.8 Å². The van der Waals surface area contributed by atoms with Gasteiger partial charge in [-0.1, -0.05) is 13.8 Å². The van der Waals surface area contributed by atoms with Crippen LogP contribution < -0.4 is 49.9 Å². The number of hydrogen-bond donors (Lipinski definition) is 11. The molecule has 0 unspecified atom stereocenters. The van der Waals surface area contributed by atoms with Crippen molar-refractivity contribution < 1.29 is 43.8 Å². The highest BCUT2D eigenvalue weighted by atomic mass is 16.4. The molecule has 0 radical (unpaired) electrons. The molecule has 0 bridgehead atoms. The van der Waals surface area contributed by atoms with E-state index in [2.05, 4.69) is 31.3 Å². The van der Waals surface area contributed by atoms with E-state index in [0.29, 0.717) is 12.8 Å². The minimum Gasteiger partial charge on any atom is -0.481 e. The molecule has 21 heteroatoms. The molecule has 1 rings (SSSR count). The summed E-state index contributed by atoms with van der Waals surface area (Å²) in [5.74, 6) is -6.72. The van der Waals surface area contributed by atoms with Crippen molar-refractivity contribution in [2.45, 2.75) is 95.4 Å². The number of amides is 5. The van der Waals surface area contributed by atoms with Crippen LogP contribution in [0.15, 0.2) is 9.98 Å². The minimum absolute atomic E-state index is 0.0439. The lowest BCUT2D eigenvalue weighted by atomic mass is 10.0. The SMILES string of the molecule is CC(C)[C@H](NC(=O)[C@@H](N)CCCN=C(N)N)C(=O)NCC(=O)N[C@@H](CCCN=C(N)N)C(=O)N1CCC[C@H]1C(=O)N[C@@H](CCC(=O)O)C(=O)O. The van der Waals surface area contributed by atoms with Gasteiger partial charge in [-0.2, -0.15) is 0 Å². The summed E-state index contributed by atoms with van der Waals surface area (Å²) in [7, 11) is 0. The van der Waals surface area contributed by atoms with Gasteiger partial charge in [0.2, 0.25) is 29.5 Å². The number of carbonyl (C=O) groups excluding carboxylic acids is 5. The zero-order valence-electron chi connectivity index (χ0n) is 28.4. The summed E-state index contributed by atoms with van der Waals surface area (Å²) >= 11 is 0. The number of nitrogens with one attached hydrogen (secondary N) is 4. The zero-order valence-corrected chi connectivity index (χ0v) is 28.4. The summed E-state index contributed by atoms with van der Waals surface area (Å²) in [6, 6.07) is -5.71. The molecule has 0 saturated carbocycles. The van der Waals surface area contributed by atoms with Crippen molar-refractivity contribution in [3.8, 4) is 0 Å². The van der Waals surface area contributed by atoms with Crippen LogP contribution in [0.2, 0.25) is 0 Å². The van der Waals surface area contributed by atoms with E-state index in [0.717, 1.165) is 0 Å². The van der Waals surface area contributed by atoms with Gasteiger partial charge in [0.05, 0.1) is 12.6 Å². The second-order valence-corrected chi connectivity index (χ2v) is 12.1. The van der Waals surface area contributed by atoms with Gasteiger partial charge in [-0.15, -0.1) is 0 Å². The summed E-state index contributed by atoms with van der Waals surface area (Å²) in [4.78, 5) is 96.8. The molecule has 16 N–H and O–H groups in total.